The lowest BCUT2D eigenvalue weighted by Crippen LogP contribution is -2.07. The van der Waals surface area contributed by atoms with Crippen molar-refractivity contribution in [2.24, 2.45) is 0 Å². The van der Waals surface area contributed by atoms with Crippen LogP contribution in [-0.4, -0.2) is 10.8 Å². The van der Waals surface area contributed by atoms with Crippen molar-refractivity contribution in [1.82, 2.24) is 4.98 Å². The summed E-state index contributed by atoms with van der Waals surface area (Å²) in [6.07, 6.45) is 0. The van der Waals surface area contributed by atoms with E-state index in [9.17, 15) is 4.79 Å². The van der Waals surface area contributed by atoms with E-state index in [1.807, 2.05) is 48.5 Å². The van der Waals surface area contributed by atoms with Crippen LogP contribution in [0.15, 0.2) is 71.6 Å². The number of carbonyl (C=O) groups is 1. The van der Waals surface area contributed by atoms with Crippen molar-refractivity contribution in [2.75, 3.05) is 0 Å². The Morgan fingerprint density at radius 2 is 1.58 bits per heavy atom. The molecule has 24 heavy (non-hydrogen) atoms. The summed E-state index contributed by atoms with van der Waals surface area (Å²) < 4.78 is 0. The van der Waals surface area contributed by atoms with Gasteiger partial charge in [0.25, 0.3) is 0 Å². The predicted molar refractivity (Wildman–Crippen MR) is 100 cm³/mol. The van der Waals surface area contributed by atoms with Crippen LogP contribution in [0.3, 0.4) is 0 Å². The normalized spacial score (nSPS) is 10.6. The summed E-state index contributed by atoms with van der Waals surface area (Å²) in [5.74, 6) is 0.438. The number of nitrogens with zero attached hydrogens (tertiary/aromatic N) is 1. The summed E-state index contributed by atoms with van der Waals surface area (Å²) in [6.45, 7) is 0. The Morgan fingerprint density at radius 3 is 2.25 bits per heavy atom. The average molecular weight is 374 g/mol. The van der Waals surface area contributed by atoms with Gasteiger partial charge in [-0.2, -0.15) is 0 Å². The van der Waals surface area contributed by atoms with Gasteiger partial charge in [0.2, 0.25) is 0 Å². The Bertz CT molecular complexity index is 854. The number of benzene rings is 2. The van der Waals surface area contributed by atoms with E-state index in [1.54, 1.807) is 30.0 Å². The van der Waals surface area contributed by atoms with Crippen molar-refractivity contribution < 1.29 is 4.79 Å². The number of pyridine rings is 1. The summed E-state index contributed by atoms with van der Waals surface area (Å²) in [6, 6.07) is 20.7. The second-order valence-electron chi connectivity index (χ2n) is 5.07. The standard InChI is InChI=1S/C19H13Cl2NOS/c20-16-11-14(12-24-15-9-5-2-6-10-15)17(19(21)22-16)18(23)13-7-3-1-4-8-13/h1-11H,12H2. The van der Waals surface area contributed by atoms with Crippen LogP contribution >= 0.6 is 35.0 Å². The second-order valence-corrected chi connectivity index (χ2v) is 6.86. The van der Waals surface area contributed by atoms with E-state index in [0.29, 0.717) is 16.9 Å². The van der Waals surface area contributed by atoms with Crippen molar-refractivity contribution in [2.45, 2.75) is 10.6 Å². The molecule has 0 aliphatic carbocycles. The SMILES string of the molecule is O=C(c1ccccc1)c1c(CSc2ccccc2)cc(Cl)nc1Cl. The van der Waals surface area contributed by atoms with Crippen molar-refractivity contribution >= 4 is 40.7 Å². The molecule has 0 unspecified atom stereocenters. The molecule has 2 nitrogen and oxygen atoms in total. The first kappa shape index (κ1) is 17.0. The number of ketones is 1. The molecule has 2 aromatic carbocycles. The number of hydrogen-bond acceptors (Lipinski definition) is 3. The van der Waals surface area contributed by atoms with Gasteiger partial charge in [0.15, 0.2) is 5.78 Å². The van der Waals surface area contributed by atoms with Gasteiger partial charge in [-0.25, -0.2) is 4.98 Å². The molecule has 0 spiro atoms. The van der Waals surface area contributed by atoms with E-state index in [4.69, 9.17) is 23.2 Å². The first-order valence-electron chi connectivity index (χ1n) is 7.27. The van der Waals surface area contributed by atoms with Crippen molar-refractivity contribution in [3.05, 3.63) is 93.7 Å². The van der Waals surface area contributed by atoms with Crippen molar-refractivity contribution in [1.29, 1.82) is 0 Å². The Labute approximate surface area is 154 Å². The molecule has 0 saturated heterocycles. The lowest BCUT2D eigenvalue weighted by Gasteiger charge is -2.11. The summed E-state index contributed by atoms with van der Waals surface area (Å²) in [5, 5.41) is 0.424. The fourth-order valence-corrected chi connectivity index (χ4v) is 3.75. The van der Waals surface area contributed by atoms with Crippen LogP contribution in [0.2, 0.25) is 10.3 Å². The van der Waals surface area contributed by atoms with Crippen LogP contribution in [0.25, 0.3) is 0 Å². The maximum Gasteiger partial charge on any atom is 0.196 e. The second kappa shape index (κ2) is 7.84. The fraction of sp³-hybridized carbons (Fsp3) is 0.0526. The van der Waals surface area contributed by atoms with Gasteiger partial charge in [0.1, 0.15) is 10.3 Å². The molecular weight excluding hydrogens is 361 g/mol. The topological polar surface area (TPSA) is 30.0 Å². The van der Waals surface area contributed by atoms with E-state index < -0.39 is 0 Å². The van der Waals surface area contributed by atoms with E-state index in [-0.39, 0.29) is 16.1 Å². The average Bonchev–Trinajstić information content (AvgIpc) is 2.60. The molecule has 120 valence electrons. The minimum absolute atomic E-state index is 0.139. The third kappa shape index (κ3) is 3.99. The number of rotatable bonds is 5. The molecule has 1 heterocycles. The van der Waals surface area contributed by atoms with Gasteiger partial charge in [0.05, 0.1) is 5.56 Å². The molecule has 0 bridgehead atoms. The van der Waals surface area contributed by atoms with Crippen LogP contribution in [-0.2, 0) is 5.75 Å². The van der Waals surface area contributed by atoms with Crippen LogP contribution in [0.1, 0.15) is 21.5 Å². The molecule has 0 radical (unpaired) electrons. The maximum atomic E-state index is 12.8. The zero-order valence-corrected chi connectivity index (χ0v) is 14.9. The molecule has 0 aliphatic heterocycles. The Morgan fingerprint density at radius 1 is 0.958 bits per heavy atom. The molecule has 0 fully saturated rings. The first-order valence-corrected chi connectivity index (χ1v) is 9.02. The Balaban J connectivity index is 1.95. The zero-order chi connectivity index (χ0) is 16.9. The number of halogens is 2. The fourth-order valence-electron chi connectivity index (χ4n) is 2.30. The molecule has 1 aromatic heterocycles. The predicted octanol–water partition coefficient (Wildman–Crippen LogP) is 5.91. The summed E-state index contributed by atoms with van der Waals surface area (Å²) in [5.41, 5.74) is 1.77. The number of hydrogen-bond donors (Lipinski definition) is 0. The van der Waals surface area contributed by atoms with Gasteiger partial charge in [0, 0.05) is 16.2 Å². The highest BCUT2D eigenvalue weighted by atomic mass is 35.5. The molecule has 0 aliphatic rings. The molecule has 3 rings (SSSR count). The first-order chi connectivity index (χ1) is 11.6. The molecular formula is C19H13Cl2NOS. The molecule has 0 saturated carbocycles. The highest BCUT2D eigenvalue weighted by molar-refractivity contribution is 7.98. The Kier molecular flexibility index (Phi) is 5.56. The van der Waals surface area contributed by atoms with Crippen LogP contribution in [0, 0.1) is 0 Å². The van der Waals surface area contributed by atoms with Crippen LogP contribution < -0.4 is 0 Å². The summed E-state index contributed by atoms with van der Waals surface area (Å²) in [4.78, 5) is 18.0. The molecule has 5 heteroatoms. The quantitative estimate of drug-likeness (QED) is 0.316. The van der Waals surface area contributed by atoms with Gasteiger partial charge >= 0.3 is 0 Å². The molecule has 0 N–H and O–H groups in total. The van der Waals surface area contributed by atoms with E-state index in [2.05, 4.69) is 4.98 Å². The Hall–Kier alpha value is -1.81. The monoisotopic (exact) mass is 373 g/mol. The zero-order valence-electron chi connectivity index (χ0n) is 12.6. The van der Waals surface area contributed by atoms with Crippen molar-refractivity contribution in [3.63, 3.8) is 0 Å². The van der Waals surface area contributed by atoms with Crippen molar-refractivity contribution in [3.8, 4) is 0 Å². The largest absolute Gasteiger partial charge is 0.288 e. The van der Waals surface area contributed by atoms with Gasteiger partial charge in [-0.1, -0.05) is 71.7 Å². The number of carbonyl (C=O) groups excluding carboxylic acids is 1. The van der Waals surface area contributed by atoms with Gasteiger partial charge in [-0.3, -0.25) is 4.79 Å². The lowest BCUT2D eigenvalue weighted by molar-refractivity contribution is 0.103. The third-order valence-corrected chi connectivity index (χ3v) is 4.95. The van der Waals surface area contributed by atoms with Crippen LogP contribution in [0.4, 0.5) is 0 Å². The maximum absolute atomic E-state index is 12.8. The molecule has 0 amide bonds. The van der Waals surface area contributed by atoms with Gasteiger partial charge in [-0.15, -0.1) is 11.8 Å². The minimum Gasteiger partial charge on any atom is -0.288 e. The van der Waals surface area contributed by atoms with E-state index >= 15 is 0 Å². The third-order valence-electron chi connectivity index (χ3n) is 3.43. The molecule has 0 atom stereocenters. The lowest BCUT2D eigenvalue weighted by atomic mass is 10.0. The van der Waals surface area contributed by atoms with Gasteiger partial charge < -0.3 is 0 Å². The number of aromatic nitrogens is 1. The molecule has 3 aromatic rings. The van der Waals surface area contributed by atoms with Gasteiger partial charge in [-0.05, 0) is 23.8 Å². The van der Waals surface area contributed by atoms with Crippen LogP contribution in [0.5, 0.6) is 0 Å². The van der Waals surface area contributed by atoms with E-state index in [1.165, 1.54) is 0 Å². The highest BCUT2D eigenvalue weighted by Crippen LogP contribution is 2.30. The number of thioether (sulfide) groups is 1. The smallest absolute Gasteiger partial charge is 0.196 e. The summed E-state index contributed by atoms with van der Waals surface area (Å²) in [7, 11) is 0. The summed E-state index contributed by atoms with van der Waals surface area (Å²) >= 11 is 13.9. The minimum atomic E-state index is -0.145. The highest BCUT2D eigenvalue weighted by Gasteiger charge is 2.19. The van der Waals surface area contributed by atoms with E-state index in [0.717, 1.165) is 10.5 Å².